The Morgan fingerprint density at radius 1 is 1.03 bits per heavy atom. The number of rotatable bonds is 8. The van der Waals surface area contributed by atoms with Crippen LogP contribution in [-0.4, -0.2) is 40.8 Å². The number of carbonyl (C=O) groups is 1. The maximum absolute atomic E-state index is 13.4. The summed E-state index contributed by atoms with van der Waals surface area (Å²) in [5.41, 5.74) is 0.189. The van der Waals surface area contributed by atoms with Crippen molar-refractivity contribution < 1.29 is 27.4 Å². The Labute approximate surface area is 186 Å². The molecule has 0 bridgehead atoms. The first-order chi connectivity index (χ1) is 15.3. The first kappa shape index (κ1) is 23.3. The monoisotopic (exact) mass is 464 g/mol. The third-order valence-corrected chi connectivity index (χ3v) is 5.09. The van der Waals surface area contributed by atoms with Crippen molar-refractivity contribution in [1.82, 2.24) is 20.3 Å². The first-order valence-corrected chi connectivity index (χ1v) is 10.3. The van der Waals surface area contributed by atoms with Crippen LogP contribution in [0.1, 0.15) is 11.3 Å². The summed E-state index contributed by atoms with van der Waals surface area (Å²) >= 11 is 0.818. The van der Waals surface area contributed by atoms with E-state index in [0.717, 1.165) is 23.4 Å². The molecule has 2 aromatic heterocycles. The quantitative estimate of drug-likeness (QED) is 0.399. The standard InChI is InChI=1S/C21H19F3N4O3S/c1-30-16-4-3-14(9-17(16)31-2)15-10-18(21(22,23)24)28-20(27-15)32-12-19(29)26-11-13-5-7-25-8-6-13/h3-10H,11-12H2,1-2H3,(H,26,29). The topological polar surface area (TPSA) is 86.2 Å². The molecule has 1 amide bonds. The van der Waals surface area contributed by atoms with Gasteiger partial charge in [0.15, 0.2) is 16.7 Å². The molecule has 0 aliphatic rings. The second-order valence-electron chi connectivity index (χ2n) is 6.41. The zero-order valence-electron chi connectivity index (χ0n) is 17.1. The van der Waals surface area contributed by atoms with E-state index in [4.69, 9.17) is 9.47 Å². The lowest BCUT2D eigenvalue weighted by Crippen LogP contribution is -2.24. The lowest BCUT2D eigenvalue weighted by atomic mass is 10.1. The molecule has 0 radical (unpaired) electrons. The highest BCUT2D eigenvalue weighted by Gasteiger charge is 2.34. The summed E-state index contributed by atoms with van der Waals surface area (Å²) in [5, 5.41) is 2.53. The van der Waals surface area contributed by atoms with E-state index < -0.39 is 11.9 Å². The van der Waals surface area contributed by atoms with E-state index in [1.807, 2.05) is 0 Å². The smallest absolute Gasteiger partial charge is 0.433 e. The average Bonchev–Trinajstić information content (AvgIpc) is 2.80. The maximum atomic E-state index is 13.4. The third-order valence-electron chi connectivity index (χ3n) is 4.25. The molecule has 7 nitrogen and oxygen atoms in total. The van der Waals surface area contributed by atoms with E-state index in [0.29, 0.717) is 17.1 Å². The van der Waals surface area contributed by atoms with Gasteiger partial charge in [-0.2, -0.15) is 13.2 Å². The molecular formula is C21H19F3N4O3S. The predicted octanol–water partition coefficient (Wildman–Crippen LogP) is 3.98. The number of pyridine rings is 1. The van der Waals surface area contributed by atoms with Crippen molar-refractivity contribution in [3.63, 3.8) is 0 Å². The molecule has 0 saturated carbocycles. The van der Waals surface area contributed by atoms with Gasteiger partial charge in [0.1, 0.15) is 5.69 Å². The number of nitrogens with zero attached hydrogens (tertiary/aromatic N) is 3. The van der Waals surface area contributed by atoms with Crippen molar-refractivity contribution in [1.29, 1.82) is 0 Å². The lowest BCUT2D eigenvalue weighted by Gasteiger charge is -2.12. The number of hydrogen-bond acceptors (Lipinski definition) is 7. The van der Waals surface area contributed by atoms with E-state index in [-0.39, 0.29) is 29.1 Å². The number of amides is 1. The average molecular weight is 464 g/mol. The van der Waals surface area contributed by atoms with Crippen LogP contribution in [0.25, 0.3) is 11.3 Å². The van der Waals surface area contributed by atoms with Gasteiger partial charge in [-0.3, -0.25) is 9.78 Å². The Morgan fingerprint density at radius 3 is 2.41 bits per heavy atom. The SMILES string of the molecule is COc1ccc(-c2cc(C(F)(F)F)nc(SCC(=O)NCc3ccncc3)n2)cc1OC. The van der Waals surface area contributed by atoms with Gasteiger partial charge in [0, 0.05) is 24.5 Å². The van der Waals surface area contributed by atoms with E-state index in [1.54, 1.807) is 36.7 Å². The van der Waals surface area contributed by atoms with Gasteiger partial charge in [0.25, 0.3) is 0 Å². The number of ether oxygens (including phenoxy) is 2. The molecule has 11 heteroatoms. The Hall–Kier alpha value is -3.34. The Bertz CT molecular complexity index is 1080. The number of carbonyl (C=O) groups excluding carboxylic acids is 1. The van der Waals surface area contributed by atoms with Crippen LogP contribution < -0.4 is 14.8 Å². The van der Waals surface area contributed by atoms with Gasteiger partial charge < -0.3 is 14.8 Å². The minimum absolute atomic E-state index is 0.0490. The van der Waals surface area contributed by atoms with Crippen molar-refractivity contribution in [2.75, 3.05) is 20.0 Å². The number of alkyl halides is 3. The van der Waals surface area contributed by atoms with Gasteiger partial charge in [-0.15, -0.1) is 0 Å². The summed E-state index contributed by atoms with van der Waals surface area (Å²) in [4.78, 5) is 23.8. The summed E-state index contributed by atoms with van der Waals surface area (Å²) in [7, 11) is 2.88. The summed E-state index contributed by atoms with van der Waals surface area (Å²) in [6.07, 6.45) is -1.47. The van der Waals surface area contributed by atoms with E-state index in [1.165, 1.54) is 20.3 Å². The molecular weight excluding hydrogens is 445 g/mol. The van der Waals surface area contributed by atoms with Crippen molar-refractivity contribution in [2.45, 2.75) is 17.9 Å². The minimum atomic E-state index is -4.67. The lowest BCUT2D eigenvalue weighted by molar-refractivity contribution is -0.141. The zero-order valence-corrected chi connectivity index (χ0v) is 18.0. The predicted molar refractivity (Wildman–Crippen MR) is 112 cm³/mol. The Balaban J connectivity index is 1.79. The van der Waals surface area contributed by atoms with E-state index >= 15 is 0 Å². The number of methoxy groups -OCH3 is 2. The van der Waals surface area contributed by atoms with Crippen LogP contribution in [0.4, 0.5) is 13.2 Å². The van der Waals surface area contributed by atoms with Crippen LogP contribution in [0.15, 0.2) is 53.9 Å². The Kier molecular flexibility index (Phi) is 7.52. The van der Waals surface area contributed by atoms with Gasteiger partial charge in [-0.05, 0) is 42.0 Å². The fourth-order valence-electron chi connectivity index (χ4n) is 2.66. The molecule has 0 fully saturated rings. The van der Waals surface area contributed by atoms with E-state index in [9.17, 15) is 18.0 Å². The molecule has 0 spiro atoms. The normalized spacial score (nSPS) is 11.2. The molecule has 1 N–H and O–H groups in total. The molecule has 0 saturated heterocycles. The number of aromatic nitrogens is 3. The van der Waals surface area contributed by atoms with Crippen LogP contribution >= 0.6 is 11.8 Å². The molecule has 1 aromatic carbocycles. The Morgan fingerprint density at radius 2 is 1.75 bits per heavy atom. The van der Waals surface area contributed by atoms with Crippen LogP contribution in [0.3, 0.4) is 0 Å². The van der Waals surface area contributed by atoms with Crippen LogP contribution in [-0.2, 0) is 17.5 Å². The number of nitrogens with one attached hydrogen (secondary N) is 1. The molecule has 0 aliphatic carbocycles. The molecule has 0 aliphatic heterocycles. The maximum Gasteiger partial charge on any atom is 0.433 e. The number of benzene rings is 1. The second kappa shape index (κ2) is 10.3. The molecule has 0 unspecified atom stereocenters. The second-order valence-corrected chi connectivity index (χ2v) is 7.35. The molecule has 32 heavy (non-hydrogen) atoms. The van der Waals surface area contributed by atoms with Gasteiger partial charge in [0.2, 0.25) is 5.91 Å². The van der Waals surface area contributed by atoms with Gasteiger partial charge in [0.05, 0.1) is 25.7 Å². The molecule has 3 rings (SSSR count). The minimum Gasteiger partial charge on any atom is -0.493 e. The van der Waals surface area contributed by atoms with E-state index in [2.05, 4.69) is 20.3 Å². The first-order valence-electron chi connectivity index (χ1n) is 9.27. The van der Waals surface area contributed by atoms with Gasteiger partial charge >= 0.3 is 6.18 Å². The highest BCUT2D eigenvalue weighted by atomic mass is 32.2. The summed E-state index contributed by atoms with van der Waals surface area (Å²) in [6, 6.07) is 9.02. The molecule has 168 valence electrons. The molecule has 0 atom stereocenters. The molecule has 3 aromatic rings. The van der Waals surface area contributed by atoms with Gasteiger partial charge in [-0.1, -0.05) is 11.8 Å². The zero-order chi connectivity index (χ0) is 23.1. The number of thioether (sulfide) groups is 1. The van der Waals surface area contributed by atoms with Crippen molar-refractivity contribution in [3.05, 3.63) is 60.0 Å². The van der Waals surface area contributed by atoms with Gasteiger partial charge in [-0.25, -0.2) is 9.97 Å². The third kappa shape index (κ3) is 6.10. The van der Waals surface area contributed by atoms with Crippen LogP contribution in [0.2, 0.25) is 0 Å². The van der Waals surface area contributed by atoms with Crippen molar-refractivity contribution in [2.24, 2.45) is 0 Å². The van der Waals surface area contributed by atoms with Crippen molar-refractivity contribution >= 4 is 17.7 Å². The number of halogens is 3. The van der Waals surface area contributed by atoms with Crippen LogP contribution in [0.5, 0.6) is 11.5 Å². The van der Waals surface area contributed by atoms with Crippen molar-refractivity contribution in [3.8, 4) is 22.8 Å². The highest BCUT2D eigenvalue weighted by molar-refractivity contribution is 7.99. The number of hydrogen-bond donors (Lipinski definition) is 1. The summed E-state index contributed by atoms with van der Waals surface area (Å²) in [6.45, 7) is 0.280. The largest absolute Gasteiger partial charge is 0.493 e. The fraction of sp³-hybridized carbons (Fsp3) is 0.238. The highest BCUT2D eigenvalue weighted by Crippen LogP contribution is 2.35. The summed E-state index contributed by atoms with van der Waals surface area (Å²) < 4.78 is 50.6. The van der Waals surface area contributed by atoms with Crippen LogP contribution in [0, 0.1) is 0 Å². The molecule has 2 heterocycles. The fourth-order valence-corrected chi connectivity index (χ4v) is 3.35. The summed E-state index contributed by atoms with van der Waals surface area (Å²) in [5.74, 6) is 0.279.